The number of nitrogens with zero attached hydrogens (tertiary/aromatic N) is 1. The van der Waals surface area contributed by atoms with Gasteiger partial charge in [0.05, 0.1) is 11.1 Å². The van der Waals surface area contributed by atoms with Crippen LogP contribution in [0, 0.1) is 0 Å². The van der Waals surface area contributed by atoms with Gasteiger partial charge in [0.25, 0.3) is 5.91 Å². The second-order valence-corrected chi connectivity index (χ2v) is 9.13. The SMILES string of the molecule is O=C(NCC1(c2ccc3c(c2)OCO3)CCOCC1)c1cnc(-c2cccs2)s1. The summed E-state index contributed by atoms with van der Waals surface area (Å²) in [6.07, 6.45) is 3.35. The van der Waals surface area contributed by atoms with Crippen molar-refractivity contribution in [2.24, 2.45) is 0 Å². The topological polar surface area (TPSA) is 69.7 Å². The van der Waals surface area contributed by atoms with Gasteiger partial charge in [-0.2, -0.15) is 0 Å². The van der Waals surface area contributed by atoms with E-state index in [1.165, 1.54) is 11.3 Å². The first-order valence-corrected chi connectivity index (χ1v) is 11.2. The average Bonchev–Trinajstić information content (AvgIpc) is 3.53. The fourth-order valence-corrected chi connectivity index (χ4v) is 5.42. The van der Waals surface area contributed by atoms with Crippen LogP contribution in [-0.4, -0.2) is 37.4 Å². The fourth-order valence-electron chi connectivity index (χ4n) is 3.79. The van der Waals surface area contributed by atoms with Crippen LogP contribution in [-0.2, 0) is 10.2 Å². The van der Waals surface area contributed by atoms with Crippen LogP contribution in [0.1, 0.15) is 28.1 Å². The molecule has 2 aliphatic rings. The highest BCUT2D eigenvalue weighted by molar-refractivity contribution is 7.21. The summed E-state index contributed by atoms with van der Waals surface area (Å²) in [6, 6.07) is 10.1. The molecule has 5 rings (SSSR count). The number of carbonyl (C=O) groups is 1. The number of carbonyl (C=O) groups excluding carboxylic acids is 1. The Balaban J connectivity index is 1.34. The third-order valence-electron chi connectivity index (χ3n) is 5.48. The van der Waals surface area contributed by atoms with Crippen molar-refractivity contribution in [1.82, 2.24) is 10.3 Å². The zero-order chi connectivity index (χ0) is 19.7. The van der Waals surface area contributed by atoms with Crippen LogP contribution in [0.25, 0.3) is 9.88 Å². The van der Waals surface area contributed by atoms with E-state index >= 15 is 0 Å². The average molecular weight is 429 g/mol. The zero-order valence-electron chi connectivity index (χ0n) is 15.7. The molecule has 0 aliphatic carbocycles. The first-order valence-electron chi connectivity index (χ1n) is 9.49. The lowest BCUT2D eigenvalue weighted by Crippen LogP contribution is -2.44. The van der Waals surface area contributed by atoms with Gasteiger partial charge in [-0.05, 0) is 42.0 Å². The summed E-state index contributed by atoms with van der Waals surface area (Å²) in [4.78, 5) is 18.9. The number of thiazole rings is 1. The molecule has 0 atom stereocenters. The van der Waals surface area contributed by atoms with E-state index in [0.717, 1.165) is 39.8 Å². The molecule has 2 aromatic heterocycles. The molecule has 150 valence electrons. The van der Waals surface area contributed by atoms with Gasteiger partial charge >= 0.3 is 0 Å². The summed E-state index contributed by atoms with van der Waals surface area (Å²) in [5.74, 6) is 1.45. The number of amides is 1. The minimum atomic E-state index is -0.184. The lowest BCUT2D eigenvalue weighted by Gasteiger charge is -2.38. The highest BCUT2D eigenvalue weighted by Gasteiger charge is 2.36. The van der Waals surface area contributed by atoms with Crippen LogP contribution in [0.3, 0.4) is 0 Å². The number of fused-ring (bicyclic) bond motifs is 1. The Labute approximate surface area is 176 Å². The van der Waals surface area contributed by atoms with Crippen molar-refractivity contribution in [3.8, 4) is 21.4 Å². The number of ether oxygens (including phenoxy) is 3. The van der Waals surface area contributed by atoms with Crippen molar-refractivity contribution < 1.29 is 19.0 Å². The second-order valence-electron chi connectivity index (χ2n) is 7.15. The molecular formula is C21H20N2O4S2. The third-order valence-corrected chi connectivity index (χ3v) is 7.52. The third kappa shape index (κ3) is 3.63. The normalized spacial score (nSPS) is 17.2. The van der Waals surface area contributed by atoms with Gasteiger partial charge in [0.1, 0.15) is 9.88 Å². The Kier molecular flexibility index (Phi) is 4.99. The molecule has 1 N–H and O–H groups in total. The predicted molar refractivity (Wildman–Crippen MR) is 112 cm³/mol. The molecule has 3 aromatic rings. The van der Waals surface area contributed by atoms with Gasteiger partial charge in [-0.1, -0.05) is 12.1 Å². The molecule has 0 bridgehead atoms. The molecule has 8 heteroatoms. The maximum atomic E-state index is 12.8. The van der Waals surface area contributed by atoms with Crippen molar-refractivity contribution in [2.75, 3.05) is 26.6 Å². The number of aromatic nitrogens is 1. The van der Waals surface area contributed by atoms with Gasteiger partial charge in [-0.3, -0.25) is 4.79 Å². The van der Waals surface area contributed by atoms with Crippen molar-refractivity contribution in [3.63, 3.8) is 0 Å². The Bertz CT molecular complexity index is 1010. The molecule has 4 heterocycles. The number of rotatable bonds is 5. The summed E-state index contributed by atoms with van der Waals surface area (Å²) in [7, 11) is 0. The van der Waals surface area contributed by atoms with Crippen LogP contribution in [0.4, 0.5) is 0 Å². The highest BCUT2D eigenvalue weighted by atomic mass is 32.1. The van der Waals surface area contributed by atoms with E-state index in [4.69, 9.17) is 14.2 Å². The largest absolute Gasteiger partial charge is 0.454 e. The van der Waals surface area contributed by atoms with Gasteiger partial charge < -0.3 is 19.5 Å². The lowest BCUT2D eigenvalue weighted by atomic mass is 9.74. The van der Waals surface area contributed by atoms with Gasteiger partial charge in [-0.15, -0.1) is 22.7 Å². The Morgan fingerprint density at radius 1 is 1.17 bits per heavy atom. The van der Waals surface area contributed by atoms with E-state index in [2.05, 4.69) is 16.4 Å². The summed E-state index contributed by atoms with van der Waals surface area (Å²) >= 11 is 3.05. The van der Waals surface area contributed by atoms with E-state index in [1.54, 1.807) is 17.5 Å². The maximum Gasteiger partial charge on any atom is 0.263 e. The molecule has 6 nitrogen and oxygen atoms in total. The van der Waals surface area contributed by atoms with Crippen molar-refractivity contribution in [1.29, 1.82) is 0 Å². The van der Waals surface area contributed by atoms with Gasteiger partial charge in [0.2, 0.25) is 6.79 Å². The van der Waals surface area contributed by atoms with E-state index in [-0.39, 0.29) is 18.1 Å². The first kappa shape index (κ1) is 18.6. The van der Waals surface area contributed by atoms with E-state index in [1.807, 2.05) is 29.6 Å². The molecule has 1 saturated heterocycles. The molecule has 2 aliphatic heterocycles. The van der Waals surface area contributed by atoms with Crippen LogP contribution in [0.5, 0.6) is 11.5 Å². The van der Waals surface area contributed by atoms with Crippen LogP contribution >= 0.6 is 22.7 Å². The van der Waals surface area contributed by atoms with Crippen molar-refractivity contribution in [2.45, 2.75) is 18.3 Å². The van der Waals surface area contributed by atoms with Crippen LogP contribution < -0.4 is 14.8 Å². The Morgan fingerprint density at radius 2 is 2.03 bits per heavy atom. The summed E-state index contributed by atoms with van der Waals surface area (Å²) < 4.78 is 16.6. The second kappa shape index (κ2) is 7.78. The number of hydrogen-bond acceptors (Lipinski definition) is 7. The lowest BCUT2D eigenvalue weighted by molar-refractivity contribution is 0.0487. The van der Waals surface area contributed by atoms with Crippen LogP contribution in [0.2, 0.25) is 0 Å². The van der Waals surface area contributed by atoms with E-state index in [0.29, 0.717) is 24.6 Å². The highest BCUT2D eigenvalue weighted by Crippen LogP contribution is 2.40. The molecular weight excluding hydrogens is 408 g/mol. The molecule has 1 aromatic carbocycles. The summed E-state index contributed by atoms with van der Waals surface area (Å²) in [5, 5.41) is 6.03. The first-order chi connectivity index (χ1) is 14.2. The van der Waals surface area contributed by atoms with E-state index < -0.39 is 0 Å². The number of thiophene rings is 1. The van der Waals surface area contributed by atoms with Crippen molar-refractivity contribution >= 4 is 28.6 Å². The molecule has 0 unspecified atom stereocenters. The zero-order valence-corrected chi connectivity index (χ0v) is 17.3. The number of benzene rings is 1. The number of hydrogen-bond donors (Lipinski definition) is 1. The minimum absolute atomic E-state index is 0.0862. The fraction of sp³-hybridized carbons (Fsp3) is 0.333. The standard InChI is InChI=1S/C21H20N2O4S2/c24-19(18-11-22-20(29-18)17-2-1-9-28-17)23-12-21(5-7-25-8-6-21)14-3-4-15-16(10-14)27-13-26-15/h1-4,9-11H,5-8,12-13H2,(H,23,24). The minimum Gasteiger partial charge on any atom is -0.454 e. The van der Waals surface area contributed by atoms with E-state index in [9.17, 15) is 4.79 Å². The smallest absolute Gasteiger partial charge is 0.263 e. The maximum absolute atomic E-state index is 12.8. The monoisotopic (exact) mass is 428 g/mol. The molecule has 1 fully saturated rings. The summed E-state index contributed by atoms with van der Waals surface area (Å²) in [5.41, 5.74) is 0.963. The van der Waals surface area contributed by atoms with Gasteiger partial charge in [-0.25, -0.2) is 4.98 Å². The van der Waals surface area contributed by atoms with Crippen LogP contribution in [0.15, 0.2) is 41.9 Å². The van der Waals surface area contributed by atoms with Gasteiger partial charge in [0, 0.05) is 25.2 Å². The Morgan fingerprint density at radius 3 is 2.86 bits per heavy atom. The molecule has 0 radical (unpaired) electrons. The van der Waals surface area contributed by atoms with Crippen molar-refractivity contribution in [3.05, 3.63) is 52.3 Å². The quantitative estimate of drug-likeness (QED) is 0.663. The molecule has 0 saturated carbocycles. The molecule has 29 heavy (non-hydrogen) atoms. The molecule has 1 amide bonds. The predicted octanol–water partition coefficient (Wildman–Crippen LogP) is 4.08. The number of nitrogens with one attached hydrogen (secondary N) is 1. The summed E-state index contributed by atoms with van der Waals surface area (Å²) in [6.45, 7) is 2.14. The molecule has 0 spiro atoms. The Hall–Kier alpha value is -2.42. The van der Waals surface area contributed by atoms with Gasteiger partial charge in [0.15, 0.2) is 11.5 Å².